The molecule has 0 radical (unpaired) electrons. The predicted molar refractivity (Wildman–Crippen MR) is 64.6 cm³/mol. The fourth-order valence-electron chi connectivity index (χ4n) is 1.92. The molecule has 0 aromatic carbocycles. The van der Waals surface area contributed by atoms with Crippen LogP contribution in [0, 0.1) is 5.92 Å². The molecule has 2 N–H and O–H groups in total. The third kappa shape index (κ3) is 3.01. The molecule has 1 fully saturated rings. The molecule has 1 aliphatic heterocycles. The van der Waals surface area contributed by atoms with Crippen LogP contribution in [0.5, 0.6) is 0 Å². The first-order chi connectivity index (χ1) is 7.26. The molecule has 0 spiro atoms. The zero-order valence-electron chi connectivity index (χ0n) is 10.4. The summed E-state index contributed by atoms with van der Waals surface area (Å²) < 4.78 is 5.32. The number of amides is 1. The molecule has 1 saturated heterocycles. The van der Waals surface area contributed by atoms with E-state index in [2.05, 4.69) is 0 Å². The van der Waals surface area contributed by atoms with Crippen molar-refractivity contribution >= 4 is 17.7 Å². The van der Waals surface area contributed by atoms with Gasteiger partial charge in [0.2, 0.25) is 0 Å². The van der Waals surface area contributed by atoms with E-state index in [1.54, 1.807) is 4.90 Å². The average molecular weight is 249 g/mol. The lowest BCUT2D eigenvalue weighted by atomic mass is 10.0. The van der Waals surface area contributed by atoms with Gasteiger partial charge in [0, 0.05) is 30.4 Å². The molecule has 5 heteroatoms. The van der Waals surface area contributed by atoms with Crippen LogP contribution in [0.25, 0.3) is 0 Å². The number of hydrogen-bond donors (Lipinski definition) is 1. The molecule has 1 rings (SSSR count). The Bertz CT molecular complexity index is 265. The minimum atomic E-state index is -0.472. The van der Waals surface area contributed by atoms with Crippen LogP contribution in [-0.2, 0) is 4.74 Å². The first-order valence-corrected chi connectivity index (χ1v) is 6.11. The van der Waals surface area contributed by atoms with Gasteiger partial charge < -0.3 is 15.4 Å². The Hall–Kier alpha value is -0.480. The maximum Gasteiger partial charge on any atom is 0.410 e. The highest BCUT2D eigenvalue weighted by Crippen LogP contribution is 2.26. The minimum absolute atomic E-state index is 0.0438. The van der Waals surface area contributed by atoms with Crippen molar-refractivity contribution in [2.45, 2.75) is 45.4 Å². The fraction of sp³-hybridized carbons (Fsp3) is 0.909. The third-order valence-electron chi connectivity index (χ3n) is 2.87. The number of halogens is 1. The second kappa shape index (κ2) is 4.80. The van der Waals surface area contributed by atoms with Crippen LogP contribution in [0.15, 0.2) is 0 Å². The maximum atomic E-state index is 11.9. The Kier molecular flexibility index (Phi) is 4.07. The number of carbonyl (C=O) groups is 1. The van der Waals surface area contributed by atoms with Gasteiger partial charge in [-0.3, -0.25) is 0 Å². The van der Waals surface area contributed by atoms with E-state index >= 15 is 0 Å². The van der Waals surface area contributed by atoms with Crippen LogP contribution < -0.4 is 5.73 Å². The molecule has 0 bridgehead atoms. The second-order valence-electron chi connectivity index (χ2n) is 5.36. The number of rotatable bonds is 1. The van der Waals surface area contributed by atoms with Gasteiger partial charge in [0.1, 0.15) is 5.60 Å². The number of likely N-dealkylation sites (tertiary alicyclic amines) is 1. The van der Waals surface area contributed by atoms with Crippen LogP contribution in [0.1, 0.15) is 27.7 Å². The summed E-state index contributed by atoms with van der Waals surface area (Å²) in [7, 11) is 0. The monoisotopic (exact) mass is 248 g/mol. The van der Waals surface area contributed by atoms with Gasteiger partial charge in [-0.1, -0.05) is 0 Å². The summed E-state index contributed by atoms with van der Waals surface area (Å²) >= 11 is 5.84. The molecule has 0 saturated carbocycles. The molecule has 3 unspecified atom stereocenters. The molecule has 16 heavy (non-hydrogen) atoms. The van der Waals surface area contributed by atoms with E-state index in [9.17, 15) is 4.79 Å². The number of nitrogens with zero attached hydrogens (tertiary/aromatic N) is 1. The van der Waals surface area contributed by atoms with Crippen molar-refractivity contribution in [3.63, 3.8) is 0 Å². The lowest BCUT2D eigenvalue weighted by Crippen LogP contribution is -2.40. The van der Waals surface area contributed by atoms with Crippen LogP contribution in [-0.4, -0.2) is 41.1 Å². The summed E-state index contributed by atoms with van der Waals surface area (Å²) in [6.07, 6.45) is -0.303. The van der Waals surface area contributed by atoms with Crippen molar-refractivity contribution in [2.75, 3.05) is 12.4 Å². The Morgan fingerprint density at radius 2 is 2.12 bits per heavy atom. The van der Waals surface area contributed by atoms with Gasteiger partial charge in [0.25, 0.3) is 0 Å². The first-order valence-electron chi connectivity index (χ1n) is 5.57. The fourth-order valence-corrected chi connectivity index (χ4v) is 2.41. The van der Waals surface area contributed by atoms with Crippen LogP contribution >= 0.6 is 11.6 Å². The molecular formula is C11H21ClN2O2. The molecule has 94 valence electrons. The van der Waals surface area contributed by atoms with Gasteiger partial charge in [-0.25, -0.2) is 4.79 Å². The standard InChI is InChI=1S/C11H21ClN2O2/c1-7-8(5-12)9(13)6-14(7)10(15)16-11(2,3)4/h7-9H,5-6,13H2,1-4H3. The number of ether oxygens (including phenoxy) is 1. The highest BCUT2D eigenvalue weighted by Gasteiger charge is 2.40. The van der Waals surface area contributed by atoms with Crippen molar-refractivity contribution < 1.29 is 9.53 Å². The van der Waals surface area contributed by atoms with Gasteiger partial charge >= 0.3 is 6.09 Å². The third-order valence-corrected chi connectivity index (χ3v) is 3.23. The van der Waals surface area contributed by atoms with E-state index in [4.69, 9.17) is 22.1 Å². The van der Waals surface area contributed by atoms with E-state index in [-0.39, 0.29) is 24.1 Å². The van der Waals surface area contributed by atoms with E-state index in [1.807, 2.05) is 27.7 Å². The second-order valence-corrected chi connectivity index (χ2v) is 5.66. The van der Waals surface area contributed by atoms with Gasteiger partial charge in [-0.15, -0.1) is 11.6 Å². The molecular weight excluding hydrogens is 228 g/mol. The summed E-state index contributed by atoms with van der Waals surface area (Å²) in [5.74, 6) is 0.621. The molecule has 0 aromatic heterocycles. The molecule has 4 nitrogen and oxygen atoms in total. The number of carbonyl (C=O) groups excluding carboxylic acids is 1. The normalized spacial score (nSPS) is 30.6. The zero-order valence-corrected chi connectivity index (χ0v) is 11.1. The predicted octanol–water partition coefficient (Wildman–Crippen LogP) is 1.81. The molecule has 3 atom stereocenters. The quantitative estimate of drug-likeness (QED) is 0.720. The molecule has 1 amide bonds. The Balaban J connectivity index is 2.65. The van der Waals surface area contributed by atoms with Gasteiger partial charge in [0.15, 0.2) is 0 Å². The number of nitrogens with two attached hydrogens (primary N) is 1. The summed E-state index contributed by atoms with van der Waals surface area (Å²) in [6, 6.07) is -0.0117. The Labute approximate surface area is 102 Å². The molecule has 0 aliphatic carbocycles. The smallest absolute Gasteiger partial charge is 0.410 e. The average Bonchev–Trinajstić information content (AvgIpc) is 2.38. The highest BCUT2D eigenvalue weighted by atomic mass is 35.5. The van der Waals surface area contributed by atoms with Crippen molar-refractivity contribution in [3.8, 4) is 0 Å². The van der Waals surface area contributed by atoms with Crippen LogP contribution in [0.2, 0.25) is 0 Å². The maximum absolute atomic E-state index is 11.9. The van der Waals surface area contributed by atoms with Gasteiger partial charge in [-0.05, 0) is 27.7 Å². The minimum Gasteiger partial charge on any atom is -0.444 e. The zero-order chi connectivity index (χ0) is 12.5. The van der Waals surface area contributed by atoms with E-state index in [1.165, 1.54) is 0 Å². The van der Waals surface area contributed by atoms with Crippen LogP contribution in [0.4, 0.5) is 4.79 Å². The van der Waals surface area contributed by atoms with Crippen molar-refractivity contribution in [1.82, 2.24) is 4.90 Å². The number of alkyl halides is 1. The summed E-state index contributed by atoms with van der Waals surface area (Å²) in [4.78, 5) is 13.6. The topological polar surface area (TPSA) is 55.6 Å². The Morgan fingerprint density at radius 1 is 1.56 bits per heavy atom. The van der Waals surface area contributed by atoms with E-state index < -0.39 is 5.60 Å². The lowest BCUT2D eigenvalue weighted by molar-refractivity contribution is 0.0225. The van der Waals surface area contributed by atoms with Crippen molar-refractivity contribution in [1.29, 1.82) is 0 Å². The largest absolute Gasteiger partial charge is 0.444 e. The lowest BCUT2D eigenvalue weighted by Gasteiger charge is -2.27. The SMILES string of the molecule is CC1C(CCl)C(N)CN1C(=O)OC(C)(C)C. The number of hydrogen-bond acceptors (Lipinski definition) is 3. The van der Waals surface area contributed by atoms with Crippen molar-refractivity contribution in [3.05, 3.63) is 0 Å². The van der Waals surface area contributed by atoms with Gasteiger partial charge in [0.05, 0.1) is 0 Å². The molecule has 1 heterocycles. The van der Waals surface area contributed by atoms with Gasteiger partial charge in [-0.2, -0.15) is 0 Å². The molecule has 0 aromatic rings. The summed E-state index contributed by atoms with van der Waals surface area (Å²) in [5.41, 5.74) is 5.47. The van der Waals surface area contributed by atoms with Crippen LogP contribution in [0.3, 0.4) is 0 Å². The van der Waals surface area contributed by atoms with E-state index in [0.29, 0.717) is 12.4 Å². The van der Waals surface area contributed by atoms with E-state index in [0.717, 1.165) is 0 Å². The highest BCUT2D eigenvalue weighted by molar-refractivity contribution is 6.18. The Morgan fingerprint density at radius 3 is 2.50 bits per heavy atom. The van der Waals surface area contributed by atoms with Crippen molar-refractivity contribution in [2.24, 2.45) is 11.7 Å². The summed E-state index contributed by atoms with van der Waals surface area (Å²) in [6.45, 7) is 8.04. The first kappa shape index (κ1) is 13.6. The summed E-state index contributed by atoms with van der Waals surface area (Å²) in [5, 5.41) is 0. The molecule has 1 aliphatic rings.